The monoisotopic (exact) mass is 211 g/mol. The van der Waals surface area contributed by atoms with Crippen molar-refractivity contribution in [2.24, 2.45) is 0 Å². The topological polar surface area (TPSA) is 18.5 Å². The molecule has 2 aliphatic heterocycles. The first-order valence-corrected chi connectivity index (χ1v) is 6.45. The van der Waals surface area contributed by atoms with Crippen molar-refractivity contribution in [3.05, 3.63) is 0 Å². The van der Waals surface area contributed by atoms with Crippen LogP contribution >= 0.6 is 0 Å². The molecule has 0 amide bonds. The van der Waals surface area contributed by atoms with Crippen molar-refractivity contribution in [3.63, 3.8) is 0 Å². The third-order valence-corrected chi connectivity index (χ3v) is 3.92. The van der Waals surface area contributed by atoms with Crippen LogP contribution in [0, 0.1) is 0 Å². The second-order valence-corrected chi connectivity index (χ2v) is 5.07. The largest absolute Gasteiger partial charge is 0.313 e. The fourth-order valence-electron chi connectivity index (χ4n) is 2.93. The molecule has 2 heterocycles. The maximum absolute atomic E-state index is 3.57. The van der Waals surface area contributed by atoms with E-state index in [1.807, 2.05) is 0 Å². The Balaban J connectivity index is 1.75. The van der Waals surface area contributed by atoms with E-state index >= 15 is 0 Å². The third kappa shape index (κ3) is 2.92. The van der Waals surface area contributed by atoms with Crippen LogP contribution in [-0.4, -0.2) is 61.7 Å². The minimum absolute atomic E-state index is 0.759. The molecule has 3 heteroatoms. The summed E-state index contributed by atoms with van der Waals surface area (Å²) >= 11 is 0. The maximum Gasteiger partial charge on any atom is 0.0207 e. The average molecular weight is 211 g/mol. The number of likely N-dealkylation sites (N-methyl/N-ethyl adjacent to an activating group) is 1. The predicted molar refractivity (Wildman–Crippen MR) is 64.2 cm³/mol. The summed E-state index contributed by atoms with van der Waals surface area (Å²) < 4.78 is 0. The van der Waals surface area contributed by atoms with Crippen LogP contribution in [-0.2, 0) is 0 Å². The van der Waals surface area contributed by atoms with Crippen molar-refractivity contribution in [1.82, 2.24) is 15.1 Å². The SMILES string of the molecule is CCNC1CCN(C2CCN(C)CC2)C1. The second-order valence-electron chi connectivity index (χ2n) is 5.07. The van der Waals surface area contributed by atoms with Gasteiger partial charge < -0.3 is 10.2 Å². The van der Waals surface area contributed by atoms with Crippen molar-refractivity contribution < 1.29 is 0 Å². The molecule has 3 nitrogen and oxygen atoms in total. The number of likely N-dealkylation sites (tertiary alicyclic amines) is 2. The molecule has 2 aliphatic rings. The van der Waals surface area contributed by atoms with E-state index < -0.39 is 0 Å². The number of hydrogen-bond donors (Lipinski definition) is 1. The lowest BCUT2D eigenvalue weighted by molar-refractivity contribution is 0.141. The zero-order chi connectivity index (χ0) is 10.7. The fourth-order valence-corrected chi connectivity index (χ4v) is 2.93. The molecule has 0 bridgehead atoms. The molecule has 0 radical (unpaired) electrons. The molecule has 0 aromatic carbocycles. The summed E-state index contributed by atoms with van der Waals surface area (Å²) in [6, 6.07) is 1.62. The van der Waals surface area contributed by atoms with Crippen molar-refractivity contribution in [1.29, 1.82) is 0 Å². The molecule has 0 saturated carbocycles. The van der Waals surface area contributed by atoms with Gasteiger partial charge in [0.25, 0.3) is 0 Å². The maximum atomic E-state index is 3.57. The van der Waals surface area contributed by atoms with Gasteiger partial charge in [-0.15, -0.1) is 0 Å². The zero-order valence-corrected chi connectivity index (χ0v) is 10.2. The normalized spacial score (nSPS) is 31.2. The Morgan fingerprint density at radius 3 is 2.53 bits per heavy atom. The molecular weight excluding hydrogens is 186 g/mol. The van der Waals surface area contributed by atoms with Crippen LogP contribution < -0.4 is 5.32 Å². The van der Waals surface area contributed by atoms with Crippen LogP contribution in [0.4, 0.5) is 0 Å². The van der Waals surface area contributed by atoms with E-state index in [0.717, 1.165) is 18.6 Å². The highest BCUT2D eigenvalue weighted by molar-refractivity contribution is 4.87. The van der Waals surface area contributed by atoms with E-state index in [1.54, 1.807) is 0 Å². The van der Waals surface area contributed by atoms with Gasteiger partial charge in [-0.1, -0.05) is 6.92 Å². The number of hydrogen-bond acceptors (Lipinski definition) is 3. The van der Waals surface area contributed by atoms with Crippen LogP contribution in [0.2, 0.25) is 0 Å². The van der Waals surface area contributed by atoms with Gasteiger partial charge in [0.2, 0.25) is 0 Å². The Morgan fingerprint density at radius 1 is 1.13 bits per heavy atom. The molecule has 1 atom stereocenters. The number of piperidine rings is 1. The lowest BCUT2D eigenvalue weighted by Gasteiger charge is -2.35. The van der Waals surface area contributed by atoms with Gasteiger partial charge in [0.05, 0.1) is 0 Å². The molecule has 2 fully saturated rings. The Labute approximate surface area is 93.8 Å². The lowest BCUT2D eigenvalue weighted by Crippen LogP contribution is -2.44. The number of nitrogens with one attached hydrogen (secondary N) is 1. The quantitative estimate of drug-likeness (QED) is 0.744. The van der Waals surface area contributed by atoms with Crippen LogP contribution in [0.15, 0.2) is 0 Å². The van der Waals surface area contributed by atoms with Gasteiger partial charge in [-0.05, 0) is 45.9 Å². The first kappa shape index (κ1) is 11.4. The molecule has 88 valence electrons. The van der Waals surface area contributed by atoms with Crippen LogP contribution in [0.5, 0.6) is 0 Å². The van der Waals surface area contributed by atoms with Gasteiger partial charge in [-0.25, -0.2) is 0 Å². The smallest absolute Gasteiger partial charge is 0.0207 e. The van der Waals surface area contributed by atoms with E-state index in [-0.39, 0.29) is 0 Å². The van der Waals surface area contributed by atoms with Gasteiger partial charge in [0.15, 0.2) is 0 Å². The van der Waals surface area contributed by atoms with Crippen molar-refractivity contribution in [2.75, 3.05) is 39.8 Å². The van der Waals surface area contributed by atoms with Crippen LogP contribution in [0.25, 0.3) is 0 Å². The first-order valence-electron chi connectivity index (χ1n) is 6.45. The second kappa shape index (κ2) is 5.28. The summed E-state index contributed by atoms with van der Waals surface area (Å²) in [7, 11) is 2.24. The molecule has 0 aliphatic carbocycles. The molecule has 15 heavy (non-hydrogen) atoms. The Kier molecular flexibility index (Phi) is 4.00. The molecule has 2 saturated heterocycles. The summed E-state index contributed by atoms with van der Waals surface area (Å²) in [4.78, 5) is 5.16. The Bertz CT molecular complexity index is 187. The van der Waals surface area contributed by atoms with E-state index in [0.29, 0.717) is 0 Å². The van der Waals surface area contributed by atoms with E-state index in [4.69, 9.17) is 0 Å². The average Bonchev–Trinajstić information content (AvgIpc) is 2.68. The summed E-state index contributed by atoms with van der Waals surface area (Å²) in [6.45, 7) is 8.48. The molecular formula is C12H25N3. The Morgan fingerprint density at radius 2 is 1.87 bits per heavy atom. The summed E-state index contributed by atoms with van der Waals surface area (Å²) in [5.74, 6) is 0. The highest BCUT2D eigenvalue weighted by atomic mass is 15.2. The predicted octanol–water partition coefficient (Wildman–Crippen LogP) is 0.764. The van der Waals surface area contributed by atoms with Crippen LogP contribution in [0.3, 0.4) is 0 Å². The summed E-state index contributed by atoms with van der Waals surface area (Å²) in [5.41, 5.74) is 0. The molecule has 0 spiro atoms. The number of nitrogens with zero attached hydrogens (tertiary/aromatic N) is 2. The highest BCUT2D eigenvalue weighted by Gasteiger charge is 2.29. The minimum Gasteiger partial charge on any atom is -0.313 e. The minimum atomic E-state index is 0.759. The van der Waals surface area contributed by atoms with Gasteiger partial charge in [0, 0.05) is 25.2 Å². The summed E-state index contributed by atoms with van der Waals surface area (Å²) in [5, 5.41) is 3.57. The molecule has 0 aromatic rings. The van der Waals surface area contributed by atoms with Gasteiger partial charge in [-0.2, -0.15) is 0 Å². The third-order valence-electron chi connectivity index (χ3n) is 3.92. The molecule has 1 unspecified atom stereocenters. The van der Waals surface area contributed by atoms with E-state index in [2.05, 4.69) is 29.1 Å². The van der Waals surface area contributed by atoms with Crippen molar-refractivity contribution >= 4 is 0 Å². The van der Waals surface area contributed by atoms with Crippen molar-refractivity contribution in [2.45, 2.75) is 38.3 Å². The fraction of sp³-hybridized carbons (Fsp3) is 1.00. The first-order chi connectivity index (χ1) is 7.29. The molecule has 0 aromatic heterocycles. The van der Waals surface area contributed by atoms with Gasteiger partial charge in [-0.3, -0.25) is 4.90 Å². The highest BCUT2D eigenvalue weighted by Crippen LogP contribution is 2.20. The van der Waals surface area contributed by atoms with Crippen molar-refractivity contribution in [3.8, 4) is 0 Å². The zero-order valence-electron chi connectivity index (χ0n) is 10.2. The van der Waals surface area contributed by atoms with E-state index in [1.165, 1.54) is 45.4 Å². The van der Waals surface area contributed by atoms with Crippen LogP contribution in [0.1, 0.15) is 26.2 Å². The summed E-state index contributed by atoms with van der Waals surface area (Å²) in [6.07, 6.45) is 4.09. The number of rotatable bonds is 3. The van der Waals surface area contributed by atoms with E-state index in [9.17, 15) is 0 Å². The lowest BCUT2D eigenvalue weighted by atomic mass is 10.0. The van der Waals surface area contributed by atoms with Gasteiger partial charge in [0.1, 0.15) is 0 Å². The molecule has 1 N–H and O–H groups in total. The molecule has 2 rings (SSSR count). The Hall–Kier alpha value is -0.120. The van der Waals surface area contributed by atoms with Gasteiger partial charge >= 0.3 is 0 Å². The standard InChI is InChI=1S/C12H25N3/c1-3-13-11-4-9-15(10-11)12-5-7-14(2)8-6-12/h11-13H,3-10H2,1-2H3.